The zero-order chi connectivity index (χ0) is 12.4. The van der Waals surface area contributed by atoms with Crippen LogP contribution in [0, 0.1) is 5.92 Å². The van der Waals surface area contributed by atoms with E-state index in [1.807, 2.05) is 29.3 Å². The quantitative estimate of drug-likeness (QED) is 0.795. The van der Waals surface area contributed by atoms with Crippen LogP contribution in [-0.4, -0.2) is 55.1 Å². The first kappa shape index (κ1) is 11.5. The van der Waals surface area contributed by atoms with Crippen molar-refractivity contribution in [2.24, 2.45) is 5.92 Å². The van der Waals surface area contributed by atoms with E-state index >= 15 is 0 Å². The number of carbonyl (C=O) groups excluding carboxylic acids is 1. The molecule has 5 heteroatoms. The van der Waals surface area contributed by atoms with Crippen LogP contribution in [-0.2, 0) is 4.79 Å². The van der Waals surface area contributed by atoms with Crippen molar-refractivity contribution in [2.45, 2.75) is 0 Å². The molecule has 0 spiro atoms. The molecule has 96 valence electrons. The van der Waals surface area contributed by atoms with Gasteiger partial charge in [-0.2, -0.15) is 0 Å². The van der Waals surface area contributed by atoms with Crippen molar-refractivity contribution < 1.29 is 4.79 Å². The topological polar surface area (TPSA) is 48.5 Å². The standard InChI is InChI=1S/C13H18N4O/c18-13(11-9-14-10-11)17-7-5-16(6-8-17)12-3-1-2-4-15-12/h1-4,11,14H,5-10H2. The normalized spacial score (nSPS) is 20.7. The van der Waals surface area contributed by atoms with Crippen LogP contribution >= 0.6 is 0 Å². The van der Waals surface area contributed by atoms with Crippen LogP contribution in [0.5, 0.6) is 0 Å². The summed E-state index contributed by atoms with van der Waals surface area (Å²) >= 11 is 0. The Morgan fingerprint density at radius 2 is 2.00 bits per heavy atom. The minimum atomic E-state index is 0.214. The molecule has 1 N–H and O–H groups in total. The molecule has 0 aromatic carbocycles. The Bertz CT molecular complexity index is 410. The summed E-state index contributed by atoms with van der Waals surface area (Å²) in [4.78, 5) is 20.7. The molecule has 2 aliphatic heterocycles. The first-order valence-corrected chi connectivity index (χ1v) is 6.50. The lowest BCUT2D eigenvalue weighted by Gasteiger charge is -2.38. The Morgan fingerprint density at radius 1 is 1.22 bits per heavy atom. The molecule has 18 heavy (non-hydrogen) atoms. The summed E-state index contributed by atoms with van der Waals surface area (Å²) in [6.07, 6.45) is 1.81. The second kappa shape index (κ2) is 4.94. The van der Waals surface area contributed by atoms with Crippen molar-refractivity contribution in [1.82, 2.24) is 15.2 Å². The molecular weight excluding hydrogens is 228 g/mol. The second-order valence-corrected chi connectivity index (χ2v) is 4.86. The molecule has 5 nitrogen and oxygen atoms in total. The van der Waals surface area contributed by atoms with Gasteiger partial charge in [-0.25, -0.2) is 4.98 Å². The van der Waals surface area contributed by atoms with Crippen molar-refractivity contribution >= 4 is 11.7 Å². The van der Waals surface area contributed by atoms with E-state index in [-0.39, 0.29) is 5.92 Å². The van der Waals surface area contributed by atoms with E-state index < -0.39 is 0 Å². The molecule has 3 rings (SSSR count). The van der Waals surface area contributed by atoms with Gasteiger partial charge in [-0.15, -0.1) is 0 Å². The summed E-state index contributed by atoms with van der Waals surface area (Å²) in [6.45, 7) is 5.07. The summed E-state index contributed by atoms with van der Waals surface area (Å²) < 4.78 is 0. The van der Waals surface area contributed by atoms with E-state index in [1.54, 1.807) is 0 Å². The van der Waals surface area contributed by atoms with E-state index in [9.17, 15) is 4.79 Å². The lowest BCUT2D eigenvalue weighted by atomic mass is 10.0. The van der Waals surface area contributed by atoms with E-state index in [0.717, 1.165) is 45.1 Å². The summed E-state index contributed by atoms with van der Waals surface area (Å²) in [5, 5.41) is 3.15. The van der Waals surface area contributed by atoms with Gasteiger partial charge in [-0.3, -0.25) is 4.79 Å². The van der Waals surface area contributed by atoms with Crippen LogP contribution in [0.25, 0.3) is 0 Å². The van der Waals surface area contributed by atoms with Crippen molar-refractivity contribution in [3.63, 3.8) is 0 Å². The number of pyridine rings is 1. The number of rotatable bonds is 2. The first-order chi connectivity index (χ1) is 8.84. The molecular formula is C13H18N4O. The Morgan fingerprint density at radius 3 is 2.56 bits per heavy atom. The van der Waals surface area contributed by atoms with Gasteiger partial charge in [0.1, 0.15) is 5.82 Å². The molecule has 3 heterocycles. The van der Waals surface area contributed by atoms with Crippen LogP contribution in [0.1, 0.15) is 0 Å². The number of nitrogens with zero attached hydrogens (tertiary/aromatic N) is 3. The summed E-state index contributed by atoms with van der Waals surface area (Å²) in [5.74, 6) is 1.54. The SMILES string of the molecule is O=C(C1CNC1)N1CCN(c2ccccn2)CC1. The first-order valence-electron chi connectivity index (χ1n) is 6.50. The minimum Gasteiger partial charge on any atom is -0.353 e. The van der Waals surface area contributed by atoms with Gasteiger partial charge >= 0.3 is 0 Å². The van der Waals surface area contributed by atoms with Gasteiger partial charge in [0.2, 0.25) is 5.91 Å². The van der Waals surface area contributed by atoms with Crippen LogP contribution in [0.4, 0.5) is 5.82 Å². The van der Waals surface area contributed by atoms with Crippen LogP contribution in [0.15, 0.2) is 24.4 Å². The maximum absolute atomic E-state index is 12.1. The number of hydrogen-bond acceptors (Lipinski definition) is 4. The summed E-state index contributed by atoms with van der Waals surface area (Å²) in [7, 11) is 0. The molecule has 1 amide bonds. The Balaban J connectivity index is 1.56. The van der Waals surface area contributed by atoms with E-state index in [1.165, 1.54) is 0 Å². The molecule has 2 aliphatic rings. The van der Waals surface area contributed by atoms with Gasteiger partial charge in [0.05, 0.1) is 5.92 Å². The van der Waals surface area contributed by atoms with E-state index in [4.69, 9.17) is 0 Å². The van der Waals surface area contributed by atoms with Crippen molar-refractivity contribution in [3.05, 3.63) is 24.4 Å². The highest BCUT2D eigenvalue weighted by molar-refractivity contribution is 5.80. The predicted molar refractivity (Wildman–Crippen MR) is 69.4 cm³/mol. The van der Waals surface area contributed by atoms with Crippen LogP contribution in [0.3, 0.4) is 0 Å². The van der Waals surface area contributed by atoms with Gasteiger partial charge in [-0.1, -0.05) is 6.07 Å². The molecule has 2 fully saturated rings. The molecule has 2 saturated heterocycles. The molecule has 1 aromatic heterocycles. The fourth-order valence-electron chi connectivity index (χ4n) is 2.42. The predicted octanol–water partition coefficient (Wildman–Crippen LogP) is -0.0504. The molecule has 0 saturated carbocycles. The third-order valence-corrected chi connectivity index (χ3v) is 3.70. The number of carbonyl (C=O) groups is 1. The largest absolute Gasteiger partial charge is 0.353 e. The van der Waals surface area contributed by atoms with Gasteiger partial charge in [-0.05, 0) is 12.1 Å². The summed E-state index contributed by atoms with van der Waals surface area (Å²) in [5.41, 5.74) is 0. The molecule has 0 unspecified atom stereocenters. The third kappa shape index (κ3) is 2.18. The minimum absolute atomic E-state index is 0.214. The zero-order valence-corrected chi connectivity index (χ0v) is 10.4. The third-order valence-electron chi connectivity index (χ3n) is 3.70. The molecule has 1 aromatic rings. The summed E-state index contributed by atoms with van der Waals surface area (Å²) in [6, 6.07) is 5.94. The van der Waals surface area contributed by atoms with Crippen molar-refractivity contribution in [3.8, 4) is 0 Å². The van der Waals surface area contributed by atoms with Crippen molar-refractivity contribution in [2.75, 3.05) is 44.2 Å². The van der Waals surface area contributed by atoms with Crippen LogP contribution < -0.4 is 10.2 Å². The number of amides is 1. The average molecular weight is 246 g/mol. The maximum atomic E-state index is 12.1. The highest BCUT2D eigenvalue weighted by Crippen LogP contribution is 2.15. The molecule has 0 atom stereocenters. The monoisotopic (exact) mass is 246 g/mol. The van der Waals surface area contributed by atoms with Crippen LogP contribution in [0.2, 0.25) is 0 Å². The molecule has 0 bridgehead atoms. The zero-order valence-electron chi connectivity index (χ0n) is 10.4. The second-order valence-electron chi connectivity index (χ2n) is 4.86. The fraction of sp³-hybridized carbons (Fsp3) is 0.538. The maximum Gasteiger partial charge on any atom is 0.228 e. The highest BCUT2D eigenvalue weighted by Gasteiger charge is 2.31. The number of anilines is 1. The van der Waals surface area contributed by atoms with E-state index in [2.05, 4.69) is 15.2 Å². The number of hydrogen-bond donors (Lipinski definition) is 1. The Labute approximate surface area is 107 Å². The number of aromatic nitrogens is 1. The van der Waals surface area contributed by atoms with E-state index in [0.29, 0.717) is 5.91 Å². The van der Waals surface area contributed by atoms with Crippen molar-refractivity contribution in [1.29, 1.82) is 0 Å². The molecule has 0 radical (unpaired) electrons. The highest BCUT2D eigenvalue weighted by atomic mass is 16.2. The smallest absolute Gasteiger partial charge is 0.228 e. The van der Waals surface area contributed by atoms with Gasteiger partial charge in [0.15, 0.2) is 0 Å². The van der Waals surface area contributed by atoms with Gasteiger partial charge < -0.3 is 15.1 Å². The lowest BCUT2D eigenvalue weighted by Crippen LogP contribution is -2.56. The average Bonchev–Trinajstić information content (AvgIpc) is 2.38. The van der Waals surface area contributed by atoms with Gasteiger partial charge in [0, 0.05) is 45.5 Å². The number of piperazine rings is 1. The number of nitrogens with one attached hydrogen (secondary N) is 1. The van der Waals surface area contributed by atoms with Gasteiger partial charge in [0.25, 0.3) is 0 Å². The molecule has 0 aliphatic carbocycles. The Kier molecular flexibility index (Phi) is 3.15. The lowest BCUT2D eigenvalue weighted by molar-refractivity contribution is -0.137. The Hall–Kier alpha value is -1.62. The fourth-order valence-corrected chi connectivity index (χ4v) is 2.42.